The largest absolute Gasteiger partial charge is 0.383 e. The second-order valence-corrected chi connectivity index (χ2v) is 8.73. The minimum atomic E-state index is -0.217. The summed E-state index contributed by atoms with van der Waals surface area (Å²) in [4.78, 5) is 37.5. The lowest BCUT2D eigenvalue weighted by atomic mass is 10.1. The van der Waals surface area contributed by atoms with Crippen molar-refractivity contribution in [2.75, 3.05) is 31.3 Å². The number of nitrogens with one attached hydrogen (secondary N) is 3. The molecule has 1 atom stereocenters. The molecule has 2 aromatic carbocycles. The Morgan fingerprint density at radius 2 is 1.81 bits per heavy atom. The summed E-state index contributed by atoms with van der Waals surface area (Å²) in [7, 11) is 1.58. The molecule has 0 spiro atoms. The highest BCUT2D eigenvalue weighted by molar-refractivity contribution is 8.00. The summed E-state index contributed by atoms with van der Waals surface area (Å²) in [5.41, 5.74) is 2.22. The van der Waals surface area contributed by atoms with Crippen molar-refractivity contribution in [3.63, 3.8) is 0 Å². The Morgan fingerprint density at radius 1 is 1.09 bits per heavy atom. The third kappa shape index (κ3) is 7.10. The van der Waals surface area contributed by atoms with Crippen LogP contribution in [0.25, 0.3) is 0 Å². The molecule has 1 fully saturated rings. The zero-order valence-electron chi connectivity index (χ0n) is 18.4. The number of hydrogen-bond acceptors (Lipinski definition) is 5. The van der Waals surface area contributed by atoms with Gasteiger partial charge in [-0.1, -0.05) is 24.3 Å². The van der Waals surface area contributed by atoms with Gasteiger partial charge in [0.25, 0.3) is 5.91 Å². The van der Waals surface area contributed by atoms with E-state index in [9.17, 15) is 14.4 Å². The maximum Gasteiger partial charge on any atom is 0.252 e. The first-order valence-electron chi connectivity index (χ1n) is 10.7. The standard InChI is InChI=1S/C24H29N3O4S/c1-16(17-9-11-19(12-10-17)27-23(29)18-7-8-18)26-24(30)20-5-3-4-6-21(20)32-15-22(28)25-13-14-31-2/h3-6,9-12,16,18H,7-8,13-15H2,1-2H3,(H,25,28)(H,26,30)(H,27,29). The topological polar surface area (TPSA) is 96.5 Å². The van der Waals surface area contributed by atoms with E-state index in [-0.39, 0.29) is 35.4 Å². The molecule has 2 aromatic rings. The quantitative estimate of drug-likeness (QED) is 0.357. The normalized spacial score (nSPS) is 13.8. The fourth-order valence-corrected chi connectivity index (χ4v) is 3.95. The molecule has 3 rings (SSSR count). The van der Waals surface area contributed by atoms with Crippen LogP contribution in [0.5, 0.6) is 0 Å². The first-order valence-corrected chi connectivity index (χ1v) is 11.7. The summed E-state index contributed by atoms with van der Waals surface area (Å²) in [5.74, 6) is 0.135. The first-order chi connectivity index (χ1) is 15.5. The second-order valence-electron chi connectivity index (χ2n) is 7.71. The van der Waals surface area contributed by atoms with Crippen molar-refractivity contribution in [2.45, 2.75) is 30.7 Å². The summed E-state index contributed by atoms with van der Waals surface area (Å²) < 4.78 is 4.92. The van der Waals surface area contributed by atoms with Crippen LogP contribution >= 0.6 is 11.8 Å². The molecule has 0 saturated heterocycles. The minimum absolute atomic E-state index is 0.0700. The number of anilines is 1. The zero-order chi connectivity index (χ0) is 22.9. The molecule has 0 heterocycles. The van der Waals surface area contributed by atoms with Crippen LogP contribution in [-0.2, 0) is 14.3 Å². The molecule has 3 amide bonds. The molecular weight excluding hydrogens is 426 g/mol. The van der Waals surface area contributed by atoms with Gasteiger partial charge in [-0.25, -0.2) is 0 Å². The molecule has 0 bridgehead atoms. The fourth-order valence-electron chi connectivity index (χ4n) is 3.07. The van der Waals surface area contributed by atoms with Crippen LogP contribution in [-0.4, -0.2) is 43.7 Å². The van der Waals surface area contributed by atoms with Crippen LogP contribution in [0.2, 0.25) is 0 Å². The van der Waals surface area contributed by atoms with Crippen molar-refractivity contribution in [3.05, 3.63) is 59.7 Å². The molecular formula is C24H29N3O4S. The Bertz CT molecular complexity index is 945. The van der Waals surface area contributed by atoms with Gasteiger partial charge in [0.15, 0.2) is 0 Å². The van der Waals surface area contributed by atoms with E-state index in [2.05, 4.69) is 16.0 Å². The van der Waals surface area contributed by atoms with E-state index >= 15 is 0 Å². The van der Waals surface area contributed by atoms with Crippen LogP contribution in [0.3, 0.4) is 0 Å². The Labute approximate surface area is 192 Å². The lowest BCUT2D eigenvalue weighted by Crippen LogP contribution is -2.29. The maximum absolute atomic E-state index is 12.9. The maximum atomic E-state index is 12.9. The van der Waals surface area contributed by atoms with Gasteiger partial charge < -0.3 is 20.7 Å². The molecule has 0 aliphatic heterocycles. The van der Waals surface area contributed by atoms with Crippen LogP contribution in [0.15, 0.2) is 53.4 Å². The predicted octanol–water partition coefficient (Wildman–Crippen LogP) is 3.38. The average molecular weight is 456 g/mol. The van der Waals surface area contributed by atoms with Crippen molar-refractivity contribution in [1.82, 2.24) is 10.6 Å². The van der Waals surface area contributed by atoms with Gasteiger partial charge in [-0.3, -0.25) is 14.4 Å². The molecule has 1 unspecified atom stereocenters. The minimum Gasteiger partial charge on any atom is -0.383 e. The van der Waals surface area contributed by atoms with Gasteiger partial charge >= 0.3 is 0 Å². The van der Waals surface area contributed by atoms with Gasteiger partial charge in [0, 0.05) is 30.2 Å². The SMILES string of the molecule is COCCNC(=O)CSc1ccccc1C(=O)NC(C)c1ccc(NC(=O)C2CC2)cc1. The van der Waals surface area contributed by atoms with Gasteiger partial charge in [0.2, 0.25) is 11.8 Å². The number of thioether (sulfide) groups is 1. The number of ether oxygens (including phenoxy) is 1. The average Bonchev–Trinajstić information content (AvgIpc) is 3.64. The van der Waals surface area contributed by atoms with E-state index < -0.39 is 0 Å². The molecule has 1 saturated carbocycles. The summed E-state index contributed by atoms with van der Waals surface area (Å²) in [5, 5.41) is 8.70. The fraction of sp³-hybridized carbons (Fsp3) is 0.375. The summed E-state index contributed by atoms with van der Waals surface area (Å²) in [6.45, 7) is 2.83. The Hall–Kier alpha value is -2.84. The highest BCUT2D eigenvalue weighted by Crippen LogP contribution is 2.30. The van der Waals surface area contributed by atoms with Crippen molar-refractivity contribution in [2.24, 2.45) is 5.92 Å². The number of carbonyl (C=O) groups excluding carboxylic acids is 3. The zero-order valence-corrected chi connectivity index (χ0v) is 19.2. The molecule has 1 aliphatic carbocycles. The van der Waals surface area contributed by atoms with E-state index in [1.807, 2.05) is 43.3 Å². The Balaban J connectivity index is 1.55. The summed E-state index contributed by atoms with van der Waals surface area (Å²) in [6.07, 6.45) is 1.93. The van der Waals surface area contributed by atoms with E-state index in [0.717, 1.165) is 29.0 Å². The van der Waals surface area contributed by atoms with Gasteiger partial charge in [-0.2, -0.15) is 0 Å². The predicted molar refractivity (Wildman–Crippen MR) is 126 cm³/mol. The highest BCUT2D eigenvalue weighted by Gasteiger charge is 2.29. The molecule has 0 aromatic heterocycles. The molecule has 8 heteroatoms. The lowest BCUT2D eigenvalue weighted by Gasteiger charge is -2.16. The molecule has 1 aliphatic rings. The van der Waals surface area contributed by atoms with Crippen molar-refractivity contribution < 1.29 is 19.1 Å². The first kappa shape index (κ1) is 23.8. The smallest absolute Gasteiger partial charge is 0.252 e. The number of methoxy groups -OCH3 is 1. The number of carbonyl (C=O) groups is 3. The van der Waals surface area contributed by atoms with E-state index in [1.54, 1.807) is 19.2 Å². The number of amides is 3. The van der Waals surface area contributed by atoms with Gasteiger partial charge in [-0.05, 0) is 49.6 Å². The van der Waals surface area contributed by atoms with Gasteiger partial charge in [-0.15, -0.1) is 11.8 Å². The summed E-state index contributed by atoms with van der Waals surface area (Å²) in [6, 6.07) is 14.5. The highest BCUT2D eigenvalue weighted by atomic mass is 32.2. The van der Waals surface area contributed by atoms with Gasteiger partial charge in [0.05, 0.1) is 24.0 Å². The van der Waals surface area contributed by atoms with Crippen molar-refractivity contribution in [3.8, 4) is 0 Å². The molecule has 0 radical (unpaired) electrons. The molecule has 32 heavy (non-hydrogen) atoms. The van der Waals surface area contributed by atoms with Crippen LogP contribution in [0.4, 0.5) is 5.69 Å². The monoisotopic (exact) mass is 455 g/mol. The van der Waals surface area contributed by atoms with Crippen molar-refractivity contribution in [1.29, 1.82) is 0 Å². The number of hydrogen-bond donors (Lipinski definition) is 3. The second kappa shape index (κ2) is 11.7. The summed E-state index contributed by atoms with van der Waals surface area (Å²) >= 11 is 1.33. The van der Waals surface area contributed by atoms with E-state index in [1.165, 1.54) is 11.8 Å². The number of rotatable bonds is 11. The Kier molecular flexibility index (Phi) is 8.70. The Morgan fingerprint density at radius 3 is 2.50 bits per heavy atom. The van der Waals surface area contributed by atoms with E-state index in [0.29, 0.717) is 18.7 Å². The number of benzene rings is 2. The van der Waals surface area contributed by atoms with Crippen LogP contribution in [0, 0.1) is 5.92 Å². The molecule has 7 nitrogen and oxygen atoms in total. The van der Waals surface area contributed by atoms with E-state index in [4.69, 9.17) is 4.74 Å². The van der Waals surface area contributed by atoms with Crippen molar-refractivity contribution >= 4 is 35.2 Å². The third-order valence-electron chi connectivity index (χ3n) is 5.09. The van der Waals surface area contributed by atoms with Gasteiger partial charge in [0.1, 0.15) is 0 Å². The third-order valence-corrected chi connectivity index (χ3v) is 6.17. The molecule has 170 valence electrons. The lowest BCUT2D eigenvalue weighted by molar-refractivity contribution is -0.119. The van der Waals surface area contributed by atoms with Crippen LogP contribution in [0.1, 0.15) is 41.7 Å². The van der Waals surface area contributed by atoms with Crippen LogP contribution < -0.4 is 16.0 Å². The molecule has 3 N–H and O–H groups in total.